The topological polar surface area (TPSA) is 76.4 Å². The largest absolute Gasteiger partial charge is 0.481 e. The minimum atomic E-state index is 0.0593. The molecule has 1 aliphatic heterocycles. The third kappa shape index (κ3) is 5.02. The van der Waals surface area contributed by atoms with Gasteiger partial charge in [-0.3, -0.25) is 9.69 Å². The van der Waals surface area contributed by atoms with Crippen molar-refractivity contribution in [2.24, 2.45) is 7.05 Å². The summed E-state index contributed by atoms with van der Waals surface area (Å²) in [6, 6.07) is 17.8. The third-order valence-corrected chi connectivity index (χ3v) is 6.81. The number of rotatable bonds is 7. The van der Waals surface area contributed by atoms with Crippen LogP contribution in [-0.2, 0) is 20.1 Å². The number of ether oxygens (including phenoxy) is 1. The zero-order valence-electron chi connectivity index (χ0n) is 20.2. The van der Waals surface area contributed by atoms with Crippen LogP contribution in [0, 0.1) is 0 Å². The van der Waals surface area contributed by atoms with Gasteiger partial charge in [0.15, 0.2) is 11.2 Å². The molecule has 1 unspecified atom stereocenters. The molecule has 0 aliphatic carbocycles. The molecule has 5 rings (SSSR count). The van der Waals surface area contributed by atoms with E-state index in [2.05, 4.69) is 29.5 Å². The predicted molar refractivity (Wildman–Crippen MR) is 136 cm³/mol. The highest BCUT2D eigenvalue weighted by molar-refractivity contribution is 5.79. The Labute approximate surface area is 204 Å². The number of para-hydroxylation sites is 1. The minimum absolute atomic E-state index is 0.0593. The lowest BCUT2D eigenvalue weighted by Crippen LogP contribution is -2.48. The first-order valence-electron chi connectivity index (χ1n) is 12.0. The molecular weight excluding hydrogens is 440 g/mol. The van der Waals surface area contributed by atoms with Crippen LogP contribution in [0.15, 0.2) is 71.8 Å². The Bertz CT molecular complexity index is 1360. The molecule has 0 bridgehead atoms. The molecule has 1 aromatic carbocycles. The molecule has 3 aromatic heterocycles. The number of piperidine rings is 1. The summed E-state index contributed by atoms with van der Waals surface area (Å²) in [5.41, 5.74) is 3.13. The van der Waals surface area contributed by atoms with E-state index in [1.807, 2.05) is 55.6 Å². The standard InChI is InChI=1S/C27H30N6O2/c1-31-22(16-25(34)23-8-3-4-9-24(23)31)19-33(17-20-11-13-28-27(15-20)35-2)21-7-6-14-32(18-21)26-10-5-12-29-30-26/h3-5,8-13,15-16,21H,6-7,14,17-19H2,1-2H3. The van der Waals surface area contributed by atoms with Crippen molar-refractivity contribution in [3.05, 3.63) is 88.5 Å². The summed E-state index contributed by atoms with van der Waals surface area (Å²) >= 11 is 0. The highest BCUT2D eigenvalue weighted by atomic mass is 16.5. The van der Waals surface area contributed by atoms with Crippen LogP contribution in [0.4, 0.5) is 5.82 Å². The number of fused-ring (bicyclic) bond motifs is 1. The van der Waals surface area contributed by atoms with E-state index >= 15 is 0 Å². The number of hydrogen-bond donors (Lipinski definition) is 0. The number of hydrogen-bond acceptors (Lipinski definition) is 7. The van der Waals surface area contributed by atoms with E-state index in [0.29, 0.717) is 12.4 Å². The Balaban J connectivity index is 1.48. The number of aryl methyl sites for hydroxylation is 1. The average Bonchev–Trinajstić information content (AvgIpc) is 2.92. The van der Waals surface area contributed by atoms with Gasteiger partial charge in [-0.25, -0.2) is 4.98 Å². The first-order chi connectivity index (χ1) is 17.1. The number of methoxy groups -OCH3 is 1. The van der Waals surface area contributed by atoms with Gasteiger partial charge >= 0.3 is 0 Å². The van der Waals surface area contributed by atoms with Crippen LogP contribution < -0.4 is 15.1 Å². The van der Waals surface area contributed by atoms with Crippen molar-refractivity contribution < 1.29 is 4.74 Å². The van der Waals surface area contributed by atoms with Gasteiger partial charge in [0.05, 0.1) is 12.6 Å². The molecule has 4 heterocycles. The van der Waals surface area contributed by atoms with Crippen LogP contribution in [0.2, 0.25) is 0 Å². The smallest absolute Gasteiger partial charge is 0.213 e. The van der Waals surface area contributed by atoms with Gasteiger partial charge < -0.3 is 14.2 Å². The number of nitrogens with zero attached hydrogens (tertiary/aromatic N) is 6. The van der Waals surface area contributed by atoms with Crippen molar-refractivity contribution in [3.63, 3.8) is 0 Å². The summed E-state index contributed by atoms with van der Waals surface area (Å²) < 4.78 is 7.50. The molecule has 35 heavy (non-hydrogen) atoms. The SMILES string of the molecule is COc1cc(CN(Cc2cc(=O)c3ccccc3n2C)C2CCCN(c3cccnn3)C2)ccn1. The van der Waals surface area contributed by atoms with E-state index in [4.69, 9.17) is 4.74 Å². The van der Waals surface area contributed by atoms with Crippen molar-refractivity contribution in [3.8, 4) is 5.88 Å². The summed E-state index contributed by atoms with van der Waals surface area (Å²) in [5.74, 6) is 1.51. The quantitative estimate of drug-likeness (QED) is 0.410. The Kier molecular flexibility index (Phi) is 6.72. The van der Waals surface area contributed by atoms with Gasteiger partial charge in [0.2, 0.25) is 5.88 Å². The fourth-order valence-electron chi connectivity index (χ4n) is 4.95. The number of benzene rings is 1. The molecular formula is C27H30N6O2. The average molecular weight is 471 g/mol. The maximum Gasteiger partial charge on any atom is 0.213 e. The van der Waals surface area contributed by atoms with Crippen LogP contribution in [-0.4, -0.2) is 50.9 Å². The molecule has 8 nitrogen and oxygen atoms in total. The van der Waals surface area contributed by atoms with Gasteiger partial charge in [0.1, 0.15) is 0 Å². The molecule has 8 heteroatoms. The van der Waals surface area contributed by atoms with Gasteiger partial charge in [-0.2, -0.15) is 5.10 Å². The van der Waals surface area contributed by atoms with Crippen LogP contribution in [0.3, 0.4) is 0 Å². The Morgan fingerprint density at radius 1 is 1.09 bits per heavy atom. The number of aromatic nitrogens is 4. The third-order valence-electron chi connectivity index (χ3n) is 6.81. The van der Waals surface area contributed by atoms with Gasteiger partial charge in [0, 0.05) is 74.9 Å². The molecule has 0 saturated carbocycles. The van der Waals surface area contributed by atoms with E-state index in [-0.39, 0.29) is 11.5 Å². The zero-order chi connectivity index (χ0) is 24.2. The maximum absolute atomic E-state index is 12.9. The van der Waals surface area contributed by atoms with Crippen molar-refractivity contribution in [2.45, 2.75) is 32.0 Å². The zero-order valence-corrected chi connectivity index (χ0v) is 20.2. The number of anilines is 1. The Hall–Kier alpha value is -3.78. The monoisotopic (exact) mass is 470 g/mol. The van der Waals surface area contributed by atoms with Crippen LogP contribution >= 0.6 is 0 Å². The Morgan fingerprint density at radius 3 is 2.80 bits per heavy atom. The molecule has 0 N–H and O–H groups in total. The molecule has 0 amide bonds. The maximum atomic E-state index is 12.9. The molecule has 4 aromatic rings. The summed E-state index contributed by atoms with van der Waals surface area (Å²) in [5, 5.41) is 9.15. The van der Waals surface area contributed by atoms with Gasteiger partial charge in [-0.05, 0) is 48.7 Å². The summed E-state index contributed by atoms with van der Waals surface area (Å²) in [6.45, 7) is 3.18. The summed E-state index contributed by atoms with van der Waals surface area (Å²) in [7, 11) is 3.67. The molecule has 0 radical (unpaired) electrons. The molecule has 1 fully saturated rings. The van der Waals surface area contributed by atoms with Crippen molar-refractivity contribution >= 4 is 16.7 Å². The van der Waals surface area contributed by atoms with Crippen molar-refractivity contribution in [1.29, 1.82) is 0 Å². The van der Waals surface area contributed by atoms with E-state index in [0.717, 1.165) is 60.5 Å². The first kappa shape index (κ1) is 23.0. The second-order valence-corrected chi connectivity index (χ2v) is 9.01. The first-order valence-corrected chi connectivity index (χ1v) is 12.0. The lowest BCUT2D eigenvalue weighted by atomic mass is 10.0. The van der Waals surface area contributed by atoms with E-state index in [1.165, 1.54) is 0 Å². The highest BCUT2D eigenvalue weighted by Gasteiger charge is 2.27. The molecule has 180 valence electrons. The minimum Gasteiger partial charge on any atom is -0.481 e. The molecule has 1 saturated heterocycles. The molecule has 1 aliphatic rings. The predicted octanol–water partition coefficient (Wildman–Crippen LogP) is 3.40. The van der Waals surface area contributed by atoms with Crippen molar-refractivity contribution in [2.75, 3.05) is 25.1 Å². The summed E-state index contributed by atoms with van der Waals surface area (Å²) in [4.78, 5) is 21.9. The number of pyridine rings is 2. The lowest BCUT2D eigenvalue weighted by Gasteiger charge is -2.40. The second kappa shape index (κ2) is 10.2. The van der Waals surface area contributed by atoms with E-state index in [9.17, 15) is 4.79 Å². The molecule has 1 atom stereocenters. The van der Waals surface area contributed by atoms with Gasteiger partial charge in [-0.15, -0.1) is 5.10 Å². The highest BCUT2D eigenvalue weighted by Crippen LogP contribution is 2.25. The fourth-order valence-corrected chi connectivity index (χ4v) is 4.95. The van der Waals surface area contributed by atoms with Crippen molar-refractivity contribution in [1.82, 2.24) is 24.6 Å². The van der Waals surface area contributed by atoms with E-state index < -0.39 is 0 Å². The normalized spacial score (nSPS) is 16.1. The second-order valence-electron chi connectivity index (χ2n) is 9.01. The fraction of sp³-hybridized carbons (Fsp3) is 0.333. The van der Waals surface area contributed by atoms with E-state index in [1.54, 1.807) is 25.6 Å². The van der Waals surface area contributed by atoms with Crippen LogP contribution in [0.25, 0.3) is 10.9 Å². The van der Waals surface area contributed by atoms with Crippen LogP contribution in [0.1, 0.15) is 24.1 Å². The summed E-state index contributed by atoms with van der Waals surface area (Å²) in [6.07, 6.45) is 5.62. The Morgan fingerprint density at radius 2 is 1.97 bits per heavy atom. The lowest BCUT2D eigenvalue weighted by molar-refractivity contribution is 0.155. The van der Waals surface area contributed by atoms with Gasteiger partial charge in [0.25, 0.3) is 0 Å². The van der Waals surface area contributed by atoms with Crippen LogP contribution in [0.5, 0.6) is 5.88 Å². The van der Waals surface area contributed by atoms with Gasteiger partial charge in [-0.1, -0.05) is 12.1 Å². The molecule has 0 spiro atoms.